The third kappa shape index (κ3) is 4.27. The first-order valence-corrected chi connectivity index (χ1v) is 8.51. The number of carbonyl (C=O) groups excluding carboxylic acids is 1. The third-order valence-corrected chi connectivity index (χ3v) is 4.50. The molecule has 1 aliphatic heterocycles. The fraction of sp³-hybridized carbons (Fsp3) is 0.438. The molecule has 1 aromatic heterocycles. The Morgan fingerprint density at radius 1 is 1.26 bits per heavy atom. The van der Waals surface area contributed by atoms with E-state index in [4.69, 9.17) is 0 Å². The van der Waals surface area contributed by atoms with Crippen molar-refractivity contribution in [3.63, 3.8) is 0 Å². The van der Waals surface area contributed by atoms with Crippen LogP contribution < -0.4 is 10.2 Å². The minimum Gasteiger partial charge on any atom is -0.369 e. The highest BCUT2D eigenvalue weighted by atomic mass is 32.1. The van der Waals surface area contributed by atoms with E-state index in [2.05, 4.69) is 55.7 Å². The summed E-state index contributed by atoms with van der Waals surface area (Å²) >= 11 is 1.30. The molecule has 1 aliphatic rings. The Bertz CT molecular complexity index is 679. The third-order valence-electron chi connectivity index (χ3n) is 3.89. The SMILES string of the molecule is Cc1cccc(N2CCN(CC(=O)Nc3nsc(C)n3)CC2)c1. The Morgan fingerprint density at radius 3 is 2.70 bits per heavy atom. The summed E-state index contributed by atoms with van der Waals surface area (Å²) in [5.41, 5.74) is 2.53. The highest BCUT2D eigenvalue weighted by molar-refractivity contribution is 7.05. The van der Waals surface area contributed by atoms with Crippen LogP contribution in [0.1, 0.15) is 10.6 Å². The van der Waals surface area contributed by atoms with Crippen LogP contribution in [0.3, 0.4) is 0 Å². The van der Waals surface area contributed by atoms with Crippen molar-refractivity contribution in [2.75, 3.05) is 42.9 Å². The number of aromatic nitrogens is 2. The van der Waals surface area contributed by atoms with Crippen molar-refractivity contribution < 1.29 is 4.79 Å². The zero-order valence-electron chi connectivity index (χ0n) is 13.5. The van der Waals surface area contributed by atoms with Crippen LogP contribution in [0.25, 0.3) is 0 Å². The highest BCUT2D eigenvalue weighted by Gasteiger charge is 2.19. The van der Waals surface area contributed by atoms with Crippen molar-refractivity contribution in [3.05, 3.63) is 34.8 Å². The molecule has 1 aromatic carbocycles. The van der Waals surface area contributed by atoms with Crippen molar-refractivity contribution in [1.82, 2.24) is 14.3 Å². The molecule has 0 unspecified atom stereocenters. The van der Waals surface area contributed by atoms with Gasteiger partial charge in [0.15, 0.2) is 0 Å². The van der Waals surface area contributed by atoms with Gasteiger partial charge in [0.05, 0.1) is 6.54 Å². The van der Waals surface area contributed by atoms with E-state index in [9.17, 15) is 4.79 Å². The van der Waals surface area contributed by atoms with Gasteiger partial charge in [-0.3, -0.25) is 15.0 Å². The van der Waals surface area contributed by atoms with E-state index in [1.54, 1.807) is 0 Å². The second-order valence-electron chi connectivity index (χ2n) is 5.79. The second kappa shape index (κ2) is 7.06. The van der Waals surface area contributed by atoms with Crippen LogP contribution >= 0.6 is 11.5 Å². The summed E-state index contributed by atoms with van der Waals surface area (Å²) in [6.07, 6.45) is 0. The topological polar surface area (TPSA) is 61.4 Å². The van der Waals surface area contributed by atoms with Gasteiger partial charge in [-0.25, -0.2) is 4.98 Å². The summed E-state index contributed by atoms with van der Waals surface area (Å²) in [6, 6.07) is 8.55. The Labute approximate surface area is 140 Å². The molecule has 0 spiro atoms. The minimum absolute atomic E-state index is 0.0493. The lowest BCUT2D eigenvalue weighted by atomic mass is 10.2. The van der Waals surface area contributed by atoms with Crippen molar-refractivity contribution in [2.45, 2.75) is 13.8 Å². The summed E-state index contributed by atoms with van der Waals surface area (Å²) in [4.78, 5) is 20.7. The molecule has 0 saturated carbocycles. The van der Waals surface area contributed by atoms with Gasteiger partial charge in [0.25, 0.3) is 0 Å². The average molecular weight is 331 g/mol. The molecular weight excluding hydrogens is 310 g/mol. The molecule has 1 amide bonds. The van der Waals surface area contributed by atoms with Crippen molar-refractivity contribution >= 4 is 29.1 Å². The highest BCUT2D eigenvalue weighted by Crippen LogP contribution is 2.17. The van der Waals surface area contributed by atoms with E-state index in [-0.39, 0.29) is 5.91 Å². The summed E-state index contributed by atoms with van der Waals surface area (Å²) in [7, 11) is 0. The van der Waals surface area contributed by atoms with Gasteiger partial charge in [-0.2, -0.15) is 4.37 Å². The van der Waals surface area contributed by atoms with Crippen molar-refractivity contribution in [2.24, 2.45) is 0 Å². The van der Waals surface area contributed by atoms with E-state index < -0.39 is 0 Å². The first kappa shape index (κ1) is 15.9. The largest absolute Gasteiger partial charge is 0.369 e. The molecule has 0 atom stereocenters. The number of hydrogen-bond donors (Lipinski definition) is 1. The second-order valence-corrected chi connectivity index (χ2v) is 6.74. The zero-order valence-corrected chi connectivity index (χ0v) is 14.3. The van der Waals surface area contributed by atoms with Gasteiger partial charge in [0, 0.05) is 31.9 Å². The first-order chi connectivity index (χ1) is 11.1. The van der Waals surface area contributed by atoms with Crippen LogP contribution in [0.5, 0.6) is 0 Å². The number of hydrogen-bond acceptors (Lipinski definition) is 6. The van der Waals surface area contributed by atoms with Crippen LogP contribution in [-0.4, -0.2) is 52.9 Å². The number of piperazine rings is 1. The Balaban J connectivity index is 1.48. The van der Waals surface area contributed by atoms with Gasteiger partial charge >= 0.3 is 0 Å². The Hall–Kier alpha value is -1.99. The van der Waals surface area contributed by atoms with E-state index in [0.29, 0.717) is 12.5 Å². The first-order valence-electron chi connectivity index (χ1n) is 7.74. The molecule has 1 N–H and O–H groups in total. The fourth-order valence-electron chi connectivity index (χ4n) is 2.71. The summed E-state index contributed by atoms with van der Waals surface area (Å²) in [5, 5.41) is 3.61. The van der Waals surface area contributed by atoms with E-state index >= 15 is 0 Å². The van der Waals surface area contributed by atoms with Crippen LogP contribution in [0.2, 0.25) is 0 Å². The number of amides is 1. The van der Waals surface area contributed by atoms with Gasteiger partial charge in [0.2, 0.25) is 11.9 Å². The number of benzene rings is 1. The van der Waals surface area contributed by atoms with Crippen molar-refractivity contribution in [1.29, 1.82) is 0 Å². The normalized spacial score (nSPS) is 15.7. The monoisotopic (exact) mass is 331 g/mol. The molecule has 2 heterocycles. The molecule has 1 fully saturated rings. The minimum atomic E-state index is -0.0493. The number of carbonyl (C=O) groups is 1. The molecule has 6 nitrogen and oxygen atoms in total. The maximum Gasteiger partial charge on any atom is 0.241 e. The molecule has 1 saturated heterocycles. The molecule has 23 heavy (non-hydrogen) atoms. The van der Waals surface area contributed by atoms with Crippen LogP contribution in [-0.2, 0) is 4.79 Å². The van der Waals surface area contributed by atoms with Gasteiger partial charge in [-0.1, -0.05) is 12.1 Å². The van der Waals surface area contributed by atoms with Gasteiger partial charge in [-0.05, 0) is 43.1 Å². The molecule has 0 bridgehead atoms. The standard InChI is InChI=1S/C16H21N5OS/c1-12-4-3-5-14(10-12)21-8-6-20(7-9-21)11-15(22)18-16-17-13(2)23-19-16/h3-5,10H,6-9,11H2,1-2H3,(H,18,19,22). The number of rotatable bonds is 4. The molecule has 0 radical (unpaired) electrons. The molecule has 7 heteroatoms. The fourth-order valence-corrected chi connectivity index (χ4v) is 3.14. The van der Waals surface area contributed by atoms with Gasteiger partial charge < -0.3 is 4.90 Å². The Morgan fingerprint density at radius 2 is 2.04 bits per heavy atom. The van der Waals surface area contributed by atoms with Crippen LogP contribution in [0.15, 0.2) is 24.3 Å². The predicted octanol–water partition coefficient (Wildman–Crippen LogP) is 1.92. The van der Waals surface area contributed by atoms with E-state index in [1.165, 1.54) is 22.8 Å². The molecule has 2 aromatic rings. The number of nitrogens with zero attached hydrogens (tertiary/aromatic N) is 4. The zero-order chi connectivity index (χ0) is 16.2. The Kier molecular flexibility index (Phi) is 4.88. The predicted molar refractivity (Wildman–Crippen MR) is 93.1 cm³/mol. The lowest BCUT2D eigenvalue weighted by Gasteiger charge is -2.35. The number of nitrogens with one attached hydrogen (secondary N) is 1. The average Bonchev–Trinajstić information content (AvgIpc) is 2.93. The van der Waals surface area contributed by atoms with Gasteiger partial charge in [-0.15, -0.1) is 0 Å². The lowest BCUT2D eigenvalue weighted by Crippen LogP contribution is -2.48. The summed E-state index contributed by atoms with van der Waals surface area (Å²) < 4.78 is 4.08. The molecule has 0 aliphatic carbocycles. The maximum absolute atomic E-state index is 12.0. The lowest BCUT2D eigenvalue weighted by molar-refractivity contribution is -0.117. The molecule has 122 valence electrons. The van der Waals surface area contributed by atoms with Gasteiger partial charge in [0.1, 0.15) is 5.01 Å². The van der Waals surface area contributed by atoms with Crippen LogP contribution in [0, 0.1) is 13.8 Å². The van der Waals surface area contributed by atoms with E-state index in [1.807, 2.05) is 6.92 Å². The summed E-state index contributed by atoms with van der Waals surface area (Å²) in [6.45, 7) is 8.00. The molecule has 3 rings (SSSR count). The smallest absolute Gasteiger partial charge is 0.241 e. The van der Waals surface area contributed by atoms with Crippen molar-refractivity contribution in [3.8, 4) is 0 Å². The van der Waals surface area contributed by atoms with E-state index in [0.717, 1.165) is 31.2 Å². The maximum atomic E-state index is 12.0. The van der Waals surface area contributed by atoms with Crippen LogP contribution in [0.4, 0.5) is 11.6 Å². The summed E-state index contributed by atoms with van der Waals surface area (Å²) in [5.74, 6) is 0.364. The quantitative estimate of drug-likeness (QED) is 0.927. The number of anilines is 2. The number of aryl methyl sites for hydroxylation is 2. The molecular formula is C16H21N5OS.